The van der Waals surface area contributed by atoms with Crippen LogP contribution in [0, 0.1) is 0 Å². The summed E-state index contributed by atoms with van der Waals surface area (Å²) in [6.07, 6.45) is 0.839. The molecule has 0 aliphatic heterocycles. The molecule has 0 radical (unpaired) electrons. The number of benzene rings is 1. The normalized spacial score (nSPS) is 10.3. The summed E-state index contributed by atoms with van der Waals surface area (Å²) in [5.41, 5.74) is 1.69. The van der Waals surface area contributed by atoms with E-state index in [1.807, 2.05) is 25.1 Å². The molecule has 0 fully saturated rings. The molecule has 0 amide bonds. The molecule has 4 nitrogen and oxygen atoms in total. The quantitative estimate of drug-likeness (QED) is 0.585. The van der Waals surface area contributed by atoms with E-state index in [-0.39, 0.29) is 13.2 Å². The predicted molar refractivity (Wildman–Crippen MR) is 71.8 cm³/mol. The van der Waals surface area contributed by atoms with Crippen LogP contribution in [-0.2, 0) is 25.5 Å². The van der Waals surface area contributed by atoms with Crippen LogP contribution in [0.1, 0.15) is 37.8 Å². The van der Waals surface area contributed by atoms with Crippen molar-refractivity contribution in [3.63, 3.8) is 0 Å². The van der Waals surface area contributed by atoms with Gasteiger partial charge in [0.2, 0.25) is 0 Å². The van der Waals surface area contributed by atoms with Gasteiger partial charge in [0.15, 0.2) is 5.92 Å². The zero-order valence-corrected chi connectivity index (χ0v) is 11.6. The van der Waals surface area contributed by atoms with Gasteiger partial charge in [-0.3, -0.25) is 9.59 Å². The fraction of sp³-hybridized carbons (Fsp3) is 0.467. The van der Waals surface area contributed by atoms with Crippen LogP contribution in [-0.4, -0.2) is 25.2 Å². The molecule has 0 saturated carbocycles. The van der Waals surface area contributed by atoms with Crippen LogP contribution >= 0.6 is 0 Å². The molecule has 0 aromatic heterocycles. The van der Waals surface area contributed by atoms with E-state index < -0.39 is 17.9 Å². The van der Waals surface area contributed by atoms with Gasteiger partial charge in [-0.1, -0.05) is 31.2 Å². The van der Waals surface area contributed by atoms with E-state index in [2.05, 4.69) is 0 Å². The molecule has 0 saturated heterocycles. The van der Waals surface area contributed by atoms with Crippen molar-refractivity contribution in [2.24, 2.45) is 0 Å². The SMILES string of the molecule is CCOC(=O)C(C(=O)OCC)c1cccc(CC)c1. The van der Waals surface area contributed by atoms with Gasteiger partial charge >= 0.3 is 11.9 Å². The van der Waals surface area contributed by atoms with Crippen molar-refractivity contribution in [2.45, 2.75) is 33.1 Å². The fourth-order valence-corrected chi connectivity index (χ4v) is 1.81. The average Bonchev–Trinajstić information content (AvgIpc) is 2.40. The zero-order valence-electron chi connectivity index (χ0n) is 11.6. The molecule has 19 heavy (non-hydrogen) atoms. The molecule has 0 unspecified atom stereocenters. The van der Waals surface area contributed by atoms with Crippen molar-refractivity contribution in [1.82, 2.24) is 0 Å². The lowest BCUT2D eigenvalue weighted by atomic mass is 9.96. The van der Waals surface area contributed by atoms with Gasteiger partial charge in [0.05, 0.1) is 13.2 Å². The van der Waals surface area contributed by atoms with Gasteiger partial charge in [-0.2, -0.15) is 0 Å². The van der Waals surface area contributed by atoms with Crippen LogP contribution in [0.15, 0.2) is 24.3 Å². The number of esters is 2. The molecule has 0 bridgehead atoms. The van der Waals surface area contributed by atoms with E-state index in [0.29, 0.717) is 5.56 Å². The van der Waals surface area contributed by atoms with E-state index in [1.54, 1.807) is 19.9 Å². The maximum atomic E-state index is 11.9. The summed E-state index contributed by atoms with van der Waals surface area (Å²) in [5, 5.41) is 0. The number of carbonyl (C=O) groups excluding carboxylic acids is 2. The lowest BCUT2D eigenvalue weighted by Gasteiger charge is -2.15. The summed E-state index contributed by atoms with van der Waals surface area (Å²) in [6.45, 7) is 5.92. The standard InChI is InChI=1S/C15H20O4/c1-4-11-8-7-9-12(10-11)13(14(16)18-5-2)15(17)19-6-3/h7-10,13H,4-6H2,1-3H3. The molecular weight excluding hydrogens is 244 g/mol. The summed E-state index contributed by atoms with van der Waals surface area (Å²) in [7, 11) is 0. The number of carbonyl (C=O) groups is 2. The topological polar surface area (TPSA) is 52.6 Å². The van der Waals surface area contributed by atoms with E-state index in [0.717, 1.165) is 12.0 Å². The first-order valence-electron chi connectivity index (χ1n) is 6.56. The minimum Gasteiger partial charge on any atom is -0.465 e. The summed E-state index contributed by atoms with van der Waals surface area (Å²) < 4.78 is 9.92. The molecule has 104 valence electrons. The second kappa shape index (κ2) is 7.56. The molecular formula is C15H20O4. The Morgan fingerprint density at radius 3 is 2.11 bits per heavy atom. The molecule has 1 rings (SSSR count). The first kappa shape index (κ1) is 15.2. The number of ether oxygens (including phenoxy) is 2. The molecule has 0 spiro atoms. The highest BCUT2D eigenvalue weighted by Crippen LogP contribution is 2.21. The van der Waals surface area contributed by atoms with Crippen molar-refractivity contribution in [3.8, 4) is 0 Å². The van der Waals surface area contributed by atoms with Crippen molar-refractivity contribution in [2.75, 3.05) is 13.2 Å². The lowest BCUT2D eigenvalue weighted by molar-refractivity contribution is -0.156. The third-order valence-corrected chi connectivity index (χ3v) is 2.74. The van der Waals surface area contributed by atoms with Gasteiger partial charge in [0.1, 0.15) is 0 Å². The van der Waals surface area contributed by atoms with Crippen molar-refractivity contribution in [1.29, 1.82) is 0 Å². The summed E-state index contributed by atoms with van der Waals surface area (Å²) in [6, 6.07) is 7.38. The second-order valence-corrected chi connectivity index (χ2v) is 4.04. The van der Waals surface area contributed by atoms with Crippen LogP contribution in [0.5, 0.6) is 0 Å². The van der Waals surface area contributed by atoms with Crippen LogP contribution in [0.4, 0.5) is 0 Å². The maximum Gasteiger partial charge on any atom is 0.324 e. The molecule has 1 aromatic rings. The molecule has 1 aromatic carbocycles. The van der Waals surface area contributed by atoms with Crippen LogP contribution < -0.4 is 0 Å². The van der Waals surface area contributed by atoms with E-state index >= 15 is 0 Å². The van der Waals surface area contributed by atoms with Gasteiger partial charge in [0, 0.05) is 0 Å². The van der Waals surface area contributed by atoms with Gasteiger partial charge in [-0.05, 0) is 31.4 Å². The Morgan fingerprint density at radius 2 is 1.63 bits per heavy atom. The number of rotatable bonds is 6. The van der Waals surface area contributed by atoms with Crippen molar-refractivity contribution < 1.29 is 19.1 Å². The van der Waals surface area contributed by atoms with E-state index in [1.165, 1.54) is 0 Å². The third-order valence-electron chi connectivity index (χ3n) is 2.74. The highest BCUT2D eigenvalue weighted by atomic mass is 16.6. The third kappa shape index (κ3) is 4.09. The second-order valence-electron chi connectivity index (χ2n) is 4.04. The maximum absolute atomic E-state index is 11.9. The Balaban J connectivity index is 3.07. The molecule has 0 N–H and O–H groups in total. The van der Waals surface area contributed by atoms with E-state index in [9.17, 15) is 9.59 Å². The largest absolute Gasteiger partial charge is 0.465 e. The first-order chi connectivity index (χ1) is 9.13. The molecule has 0 aliphatic carbocycles. The Bertz CT molecular complexity index is 422. The molecule has 0 atom stereocenters. The average molecular weight is 264 g/mol. The highest BCUT2D eigenvalue weighted by molar-refractivity contribution is 6.00. The Hall–Kier alpha value is -1.84. The van der Waals surface area contributed by atoms with Gasteiger partial charge < -0.3 is 9.47 Å². The minimum absolute atomic E-state index is 0.238. The van der Waals surface area contributed by atoms with Crippen molar-refractivity contribution >= 4 is 11.9 Å². The van der Waals surface area contributed by atoms with Gasteiger partial charge in [-0.15, -0.1) is 0 Å². The molecule has 4 heteroatoms. The Labute approximate surface area is 113 Å². The first-order valence-corrected chi connectivity index (χ1v) is 6.56. The minimum atomic E-state index is -0.994. The smallest absolute Gasteiger partial charge is 0.324 e. The van der Waals surface area contributed by atoms with Gasteiger partial charge in [0.25, 0.3) is 0 Å². The van der Waals surface area contributed by atoms with Crippen LogP contribution in [0.25, 0.3) is 0 Å². The number of hydrogen-bond acceptors (Lipinski definition) is 4. The summed E-state index contributed by atoms with van der Waals surface area (Å²) >= 11 is 0. The van der Waals surface area contributed by atoms with Crippen LogP contribution in [0.3, 0.4) is 0 Å². The molecule has 0 aliphatic rings. The van der Waals surface area contributed by atoms with Gasteiger partial charge in [-0.25, -0.2) is 0 Å². The van der Waals surface area contributed by atoms with E-state index in [4.69, 9.17) is 9.47 Å². The monoisotopic (exact) mass is 264 g/mol. The number of aryl methyl sites for hydroxylation is 1. The molecule has 0 heterocycles. The van der Waals surface area contributed by atoms with Crippen molar-refractivity contribution in [3.05, 3.63) is 35.4 Å². The Kier molecular flexibility index (Phi) is 6.06. The zero-order chi connectivity index (χ0) is 14.3. The fourth-order valence-electron chi connectivity index (χ4n) is 1.81. The highest BCUT2D eigenvalue weighted by Gasteiger charge is 2.31. The lowest BCUT2D eigenvalue weighted by Crippen LogP contribution is -2.26. The number of hydrogen-bond donors (Lipinski definition) is 0. The Morgan fingerprint density at radius 1 is 1.05 bits per heavy atom. The summed E-state index contributed by atoms with van der Waals surface area (Å²) in [5.74, 6) is -2.12. The van der Waals surface area contributed by atoms with Crippen LogP contribution in [0.2, 0.25) is 0 Å². The summed E-state index contributed by atoms with van der Waals surface area (Å²) in [4.78, 5) is 23.9. The predicted octanol–water partition coefficient (Wildman–Crippen LogP) is 2.46.